The van der Waals surface area contributed by atoms with Gasteiger partial charge in [-0.25, -0.2) is 0 Å². The van der Waals surface area contributed by atoms with Crippen LogP contribution in [0.25, 0.3) is 6.08 Å². The average Bonchev–Trinajstić information content (AvgIpc) is 2.28. The molecule has 1 aromatic rings. The lowest BCUT2D eigenvalue weighted by Crippen LogP contribution is -1.85. The first-order chi connectivity index (χ1) is 5.47. The molecule has 0 heteroatoms. The van der Waals surface area contributed by atoms with Crippen molar-refractivity contribution < 1.29 is 0 Å². The summed E-state index contributed by atoms with van der Waals surface area (Å²) in [6.45, 7) is 0. The van der Waals surface area contributed by atoms with E-state index in [-0.39, 0.29) is 0 Å². The number of hydrogen-bond donors (Lipinski definition) is 0. The third-order valence-electron chi connectivity index (χ3n) is 2.17. The van der Waals surface area contributed by atoms with E-state index in [1.165, 1.54) is 30.4 Å². The largest absolute Gasteiger partial charge is 0.0839 e. The van der Waals surface area contributed by atoms with E-state index >= 15 is 0 Å². The molecule has 2 rings (SSSR count). The Morgan fingerprint density at radius 1 is 1.09 bits per heavy atom. The van der Waals surface area contributed by atoms with Gasteiger partial charge in [0.15, 0.2) is 0 Å². The lowest BCUT2D eigenvalue weighted by atomic mass is 10.1. The van der Waals surface area contributed by atoms with Gasteiger partial charge in [-0.1, -0.05) is 36.4 Å². The number of benzene rings is 1. The summed E-state index contributed by atoms with van der Waals surface area (Å²) in [7, 11) is 0. The van der Waals surface area contributed by atoms with Crippen LogP contribution in [0, 0.1) is 0 Å². The van der Waals surface area contributed by atoms with Crippen molar-refractivity contribution >= 4 is 6.08 Å². The van der Waals surface area contributed by atoms with Crippen molar-refractivity contribution in [3.8, 4) is 0 Å². The molecule has 0 fully saturated rings. The number of hydrogen-bond acceptors (Lipinski definition) is 0. The van der Waals surface area contributed by atoms with E-state index in [2.05, 4.69) is 36.4 Å². The zero-order valence-corrected chi connectivity index (χ0v) is 6.59. The van der Waals surface area contributed by atoms with Crippen LogP contribution in [0.1, 0.15) is 24.0 Å². The van der Waals surface area contributed by atoms with Crippen molar-refractivity contribution in [2.45, 2.75) is 19.3 Å². The molecule has 0 nitrogen and oxygen atoms in total. The highest BCUT2D eigenvalue weighted by Crippen LogP contribution is 2.17. The second-order valence-electron chi connectivity index (χ2n) is 2.99. The van der Waals surface area contributed by atoms with Crippen molar-refractivity contribution in [3.63, 3.8) is 0 Å². The van der Waals surface area contributed by atoms with Crippen molar-refractivity contribution in [3.05, 3.63) is 41.5 Å². The standard InChI is InChI=1S/C11H12/c1-2-6-10-8-4-5-9-11(10)7-3-1/h2,4-6,8-9H,1,3,7H2. The minimum atomic E-state index is 1.23. The predicted molar refractivity (Wildman–Crippen MR) is 48.4 cm³/mol. The maximum Gasteiger partial charge on any atom is -0.0228 e. The molecule has 0 heterocycles. The highest BCUT2D eigenvalue weighted by Gasteiger charge is 2.00. The lowest BCUT2D eigenvalue weighted by Gasteiger charge is -2.00. The van der Waals surface area contributed by atoms with Crippen molar-refractivity contribution in [1.82, 2.24) is 0 Å². The Morgan fingerprint density at radius 2 is 2.00 bits per heavy atom. The predicted octanol–water partition coefficient (Wildman–Crippen LogP) is 3.04. The first kappa shape index (κ1) is 6.66. The second-order valence-corrected chi connectivity index (χ2v) is 2.99. The maximum absolute atomic E-state index is 2.27. The molecule has 0 bridgehead atoms. The molecule has 0 spiro atoms. The SMILES string of the molecule is C1=Cc2ccccc2CCC1. The van der Waals surface area contributed by atoms with Gasteiger partial charge < -0.3 is 0 Å². The van der Waals surface area contributed by atoms with Crippen LogP contribution in [0.15, 0.2) is 30.3 Å². The van der Waals surface area contributed by atoms with Crippen LogP contribution in [0.2, 0.25) is 0 Å². The van der Waals surface area contributed by atoms with Crippen LogP contribution in [-0.4, -0.2) is 0 Å². The summed E-state index contributed by atoms with van der Waals surface area (Å²) < 4.78 is 0. The third kappa shape index (κ3) is 1.35. The van der Waals surface area contributed by atoms with Crippen molar-refractivity contribution in [2.24, 2.45) is 0 Å². The van der Waals surface area contributed by atoms with Crippen LogP contribution >= 0.6 is 0 Å². The van der Waals surface area contributed by atoms with Gasteiger partial charge in [0.25, 0.3) is 0 Å². The van der Waals surface area contributed by atoms with Gasteiger partial charge in [0, 0.05) is 0 Å². The quantitative estimate of drug-likeness (QED) is 0.525. The maximum atomic E-state index is 2.27. The highest BCUT2D eigenvalue weighted by atomic mass is 14.1. The Kier molecular flexibility index (Phi) is 1.76. The van der Waals surface area contributed by atoms with Gasteiger partial charge in [0.1, 0.15) is 0 Å². The Bertz CT molecular complexity index is 271. The van der Waals surface area contributed by atoms with E-state index in [1.54, 1.807) is 0 Å². The number of allylic oxidation sites excluding steroid dienone is 1. The van der Waals surface area contributed by atoms with E-state index in [9.17, 15) is 0 Å². The number of aryl methyl sites for hydroxylation is 1. The molecule has 0 saturated carbocycles. The number of rotatable bonds is 0. The Balaban J connectivity index is 2.45. The van der Waals surface area contributed by atoms with Gasteiger partial charge in [-0.2, -0.15) is 0 Å². The molecule has 0 aromatic heterocycles. The summed E-state index contributed by atoms with van der Waals surface area (Å²) in [5.74, 6) is 0. The van der Waals surface area contributed by atoms with Crippen molar-refractivity contribution in [1.29, 1.82) is 0 Å². The van der Waals surface area contributed by atoms with Crippen LogP contribution in [-0.2, 0) is 6.42 Å². The lowest BCUT2D eigenvalue weighted by molar-refractivity contribution is 0.851. The molecular formula is C11H12. The Labute approximate surface area is 67.6 Å². The van der Waals surface area contributed by atoms with Gasteiger partial charge in [0.05, 0.1) is 0 Å². The molecule has 0 unspecified atom stereocenters. The van der Waals surface area contributed by atoms with E-state index in [0.29, 0.717) is 0 Å². The van der Waals surface area contributed by atoms with Gasteiger partial charge in [-0.3, -0.25) is 0 Å². The van der Waals surface area contributed by atoms with Crippen LogP contribution in [0.4, 0.5) is 0 Å². The van der Waals surface area contributed by atoms with Crippen molar-refractivity contribution in [2.75, 3.05) is 0 Å². The summed E-state index contributed by atoms with van der Waals surface area (Å²) in [5, 5.41) is 0. The minimum absolute atomic E-state index is 1.23. The van der Waals surface area contributed by atoms with E-state index < -0.39 is 0 Å². The topological polar surface area (TPSA) is 0 Å². The fourth-order valence-electron chi connectivity index (χ4n) is 1.55. The zero-order valence-electron chi connectivity index (χ0n) is 6.59. The summed E-state index contributed by atoms with van der Waals surface area (Å²) >= 11 is 0. The Hall–Kier alpha value is -1.04. The van der Waals surface area contributed by atoms with Gasteiger partial charge >= 0.3 is 0 Å². The van der Waals surface area contributed by atoms with E-state index in [0.717, 1.165) is 0 Å². The molecule has 1 aliphatic carbocycles. The third-order valence-corrected chi connectivity index (χ3v) is 2.17. The van der Waals surface area contributed by atoms with Gasteiger partial charge in [-0.15, -0.1) is 0 Å². The number of fused-ring (bicyclic) bond motifs is 1. The van der Waals surface area contributed by atoms with Gasteiger partial charge in [0.2, 0.25) is 0 Å². The minimum Gasteiger partial charge on any atom is -0.0839 e. The van der Waals surface area contributed by atoms with E-state index in [4.69, 9.17) is 0 Å². The van der Waals surface area contributed by atoms with Crippen LogP contribution in [0.3, 0.4) is 0 Å². The molecule has 56 valence electrons. The Morgan fingerprint density at radius 3 is 3.00 bits per heavy atom. The second kappa shape index (κ2) is 2.91. The summed E-state index contributed by atoms with van der Waals surface area (Å²) in [5.41, 5.74) is 2.91. The monoisotopic (exact) mass is 144 g/mol. The fraction of sp³-hybridized carbons (Fsp3) is 0.273. The molecule has 0 amide bonds. The fourth-order valence-corrected chi connectivity index (χ4v) is 1.55. The molecule has 0 aliphatic heterocycles. The van der Waals surface area contributed by atoms with E-state index in [1.807, 2.05) is 0 Å². The molecule has 11 heavy (non-hydrogen) atoms. The van der Waals surface area contributed by atoms with Gasteiger partial charge in [-0.05, 0) is 30.4 Å². The summed E-state index contributed by atoms with van der Waals surface area (Å²) in [4.78, 5) is 0. The average molecular weight is 144 g/mol. The molecule has 1 aromatic carbocycles. The molecule has 0 radical (unpaired) electrons. The van der Waals surface area contributed by atoms with Crippen LogP contribution in [0.5, 0.6) is 0 Å². The molecule has 1 aliphatic rings. The molecule has 0 saturated heterocycles. The first-order valence-corrected chi connectivity index (χ1v) is 4.21. The molecule has 0 atom stereocenters. The smallest absolute Gasteiger partial charge is 0.0228 e. The normalized spacial score (nSPS) is 15.6. The molecular weight excluding hydrogens is 132 g/mol. The molecule has 0 N–H and O–H groups in total. The summed E-state index contributed by atoms with van der Waals surface area (Å²) in [6, 6.07) is 8.65. The first-order valence-electron chi connectivity index (χ1n) is 4.21. The summed E-state index contributed by atoms with van der Waals surface area (Å²) in [6.07, 6.45) is 8.28. The zero-order chi connectivity index (χ0) is 7.52. The highest BCUT2D eigenvalue weighted by molar-refractivity contribution is 5.54. The van der Waals surface area contributed by atoms with Crippen LogP contribution < -0.4 is 0 Å².